The second-order valence-electron chi connectivity index (χ2n) is 9.55. The Kier molecular flexibility index (Phi) is 15.0. The van der Waals surface area contributed by atoms with Crippen LogP contribution < -0.4 is 4.74 Å². The highest BCUT2D eigenvalue weighted by atomic mass is 16.5. The highest BCUT2D eigenvalue weighted by molar-refractivity contribution is 5.87. The molecule has 36 heavy (non-hydrogen) atoms. The lowest BCUT2D eigenvalue weighted by molar-refractivity contribution is -0.138. The topological polar surface area (TPSA) is 47.9 Å². The zero-order valence-electron chi connectivity index (χ0n) is 22.6. The molecular weight excluding hydrogens is 446 g/mol. The highest BCUT2D eigenvalue weighted by Crippen LogP contribution is 2.16. The van der Waals surface area contributed by atoms with Crippen molar-refractivity contribution in [3.05, 3.63) is 65.7 Å². The van der Waals surface area contributed by atoms with Crippen molar-refractivity contribution in [1.29, 1.82) is 0 Å². The molecule has 0 saturated carbocycles. The first-order valence-corrected chi connectivity index (χ1v) is 13.8. The summed E-state index contributed by atoms with van der Waals surface area (Å²) in [5, 5.41) is 0. The fourth-order valence-electron chi connectivity index (χ4n) is 3.67. The third-order valence-electron chi connectivity index (χ3n) is 6.37. The van der Waals surface area contributed by atoms with Gasteiger partial charge in [0.15, 0.2) is 0 Å². The molecule has 0 aromatic heterocycles. The Morgan fingerprint density at radius 1 is 0.833 bits per heavy atom. The molecule has 4 heteroatoms. The van der Waals surface area contributed by atoms with Crippen molar-refractivity contribution < 1.29 is 14.3 Å². The van der Waals surface area contributed by atoms with E-state index in [4.69, 9.17) is 9.47 Å². The smallest absolute Gasteiger partial charge is 0.330 e. The van der Waals surface area contributed by atoms with E-state index in [1.54, 1.807) is 6.08 Å². The molecule has 0 aliphatic rings. The van der Waals surface area contributed by atoms with Crippen molar-refractivity contribution in [3.8, 4) is 5.75 Å². The van der Waals surface area contributed by atoms with Gasteiger partial charge in [0.05, 0.1) is 18.9 Å². The molecule has 1 atom stereocenters. The Bertz CT molecular complexity index is 900. The van der Waals surface area contributed by atoms with Gasteiger partial charge < -0.3 is 9.47 Å². The number of unbranched alkanes of at least 4 members (excludes halogenated alkanes) is 7. The molecule has 0 amide bonds. The van der Waals surface area contributed by atoms with E-state index in [-0.39, 0.29) is 5.97 Å². The Morgan fingerprint density at radius 2 is 1.47 bits per heavy atom. The monoisotopic (exact) mass is 491 g/mol. The van der Waals surface area contributed by atoms with Crippen molar-refractivity contribution in [3.63, 3.8) is 0 Å². The Morgan fingerprint density at radius 3 is 2.14 bits per heavy atom. The number of benzene rings is 2. The third kappa shape index (κ3) is 13.3. The zero-order chi connectivity index (χ0) is 25.8. The van der Waals surface area contributed by atoms with Crippen LogP contribution in [0.5, 0.6) is 5.75 Å². The summed E-state index contributed by atoms with van der Waals surface area (Å²) in [4.78, 5) is 16.4. The number of carbonyl (C=O) groups is 1. The van der Waals surface area contributed by atoms with Crippen molar-refractivity contribution in [2.45, 2.75) is 85.0 Å². The van der Waals surface area contributed by atoms with Crippen molar-refractivity contribution in [1.82, 2.24) is 0 Å². The first kappa shape index (κ1) is 29.4. The number of rotatable bonds is 18. The lowest BCUT2D eigenvalue weighted by atomic mass is 10.1. The Balaban J connectivity index is 1.67. The number of hydrogen-bond acceptors (Lipinski definition) is 4. The first-order chi connectivity index (χ1) is 17.6. The summed E-state index contributed by atoms with van der Waals surface area (Å²) in [7, 11) is 0. The van der Waals surface area contributed by atoms with Crippen LogP contribution in [0.25, 0.3) is 6.08 Å². The van der Waals surface area contributed by atoms with Crippen LogP contribution in [0.3, 0.4) is 0 Å². The van der Waals surface area contributed by atoms with Crippen LogP contribution in [-0.2, 0) is 9.53 Å². The summed E-state index contributed by atoms with van der Waals surface area (Å²) in [6, 6.07) is 15.8. The van der Waals surface area contributed by atoms with Gasteiger partial charge >= 0.3 is 5.97 Å². The fraction of sp³-hybridized carbons (Fsp3) is 0.500. The summed E-state index contributed by atoms with van der Waals surface area (Å²) < 4.78 is 11.1. The van der Waals surface area contributed by atoms with Crippen LogP contribution in [0, 0.1) is 5.92 Å². The summed E-state index contributed by atoms with van der Waals surface area (Å²) in [6.45, 7) is 7.81. The average molecular weight is 492 g/mol. The minimum absolute atomic E-state index is 0.300. The number of carbonyl (C=O) groups excluding carboxylic acids is 1. The van der Waals surface area contributed by atoms with Crippen molar-refractivity contribution in [2.24, 2.45) is 10.9 Å². The number of nitrogens with zero attached hydrogens (tertiary/aromatic N) is 1. The molecule has 0 fully saturated rings. The largest absolute Gasteiger partial charge is 0.494 e. The average Bonchev–Trinajstić information content (AvgIpc) is 2.91. The third-order valence-corrected chi connectivity index (χ3v) is 6.37. The van der Waals surface area contributed by atoms with Gasteiger partial charge in [-0.1, -0.05) is 84.3 Å². The summed E-state index contributed by atoms with van der Waals surface area (Å²) in [5.74, 6) is 1.18. The van der Waals surface area contributed by atoms with Crippen LogP contribution in [0.4, 0.5) is 5.69 Å². The van der Waals surface area contributed by atoms with Crippen LogP contribution in [0.15, 0.2) is 59.6 Å². The fourth-order valence-corrected chi connectivity index (χ4v) is 3.67. The minimum Gasteiger partial charge on any atom is -0.494 e. The van der Waals surface area contributed by atoms with Gasteiger partial charge in [-0.3, -0.25) is 4.99 Å². The van der Waals surface area contributed by atoms with Crippen LogP contribution in [0.2, 0.25) is 0 Å². The molecular formula is C32H45NO3. The number of ether oxygens (including phenoxy) is 2. The summed E-state index contributed by atoms with van der Waals surface area (Å²) >= 11 is 0. The number of aliphatic imine (C=N–C) groups is 1. The molecule has 0 bridgehead atoms. The predicted octanol–water partition coefficient (Wildman–Crippen LogP) is 8.95. The van der Waals surface area contributed by atoms with Gasteiger partial charge in [0.2, 0.25) is 0 Å². The second kappa shape index (κ2) is 18.4. The molecule has 0 heterocycles. The van der Waals surface area contributed by atoms with Crippen molar-refractivity contribution in [2.75, 3.05) is 13.2 Å². The molecule has 0 spiro atoms. The maximum Gasteiger partial charge on any atom is 0.330 e. The van der Waals surface area contributed by atoms with E-state index in [2.05, 4.69) is 25.8 Å². The van der Waals surface area contributed by atoms with Crippen LogP contribution in [0.1, 0.15) is 96.1 Å². The SMILES string of the molecule is CCCCCCCCCCOc1ccc(C=Nc2ccc(C=CC(=O)OCCC(C)CC)cc2)cc1. The lowest BCUT2D eigenvalue weighted by Gasteiger charge is -2.07. The van der Waals surface area contributed by atoms with Gasteiger partial charge in [-0.25, -0.2) is 4.79 Å². The van der Waals surface area contributed by atoms with E-state index in [9.17, 15) is 4.79 Å². The van der Waals surface area contributed by atoms with E-state index >= 15 is 0 Å². The molecule has 0 N–H and O–H groups in total. The molecule has 2 rings (SSSR count). The van der Waals surface area contributed by atoms with E-state index in [1.165, 1.54) is 51.0 Å². The maximum absolute atomic E-state index is 11.8. The molecule has 0 aliphatic heterocycles. The number of esters is 1. The molecule has 2 aromatic rings. The molecule has 0 saturated heterocycles. The summed E-state index contributed by atoms with van der Waals surface area (Å²) in [6.07, 6.45) is 17.5. The molecule has 1 unspecified atom stereocenters. The van der Waals surface area contributed by atoms with E-state index in [0.29, 0.717) is 12.5 Å². The minimum atomic E-state index is -0.300. The lowest BCUT2D eigenvalue weighted by Crippen LogP contribution is -2.05. The van der Waals surface area contributed by atoms with Gasteiger partial charge in [-0.2, -0.15) is 0 Å². The van der Waals surface area contributed by atoms with Gasteiger partial charge in [-0.05, 0) is 72.4 Å². The molecule has 2 aromatic carbocycles. The van der Waals surface area contributed by atoms with E-state index in [1.807, 2.05) is 54.7 Å². The normalized spacial score (nSPS) is 12.3. The van der Waals surface area contributed by atoms with Gasteiger partial charge in [0, 0.05) is 12.3 Å². The Hall–Kier alpha value is -2.88. The standard InChI is InChI=1S/C32H45NO3/c1-4-6-7-8-9-10-11-12-24-35-31-20-15-29(16-21-31)26-33-30-18-13-28(14-19-30)17-22-32(34)36-25-23-27(3)5-2/h13-22,26-27H,4-12,23-25H2,1-3H3. The zero-order valence-corrected chi connectivity index (χ0v) is 22.6. The van der Waals surface area contributed by atoms with Gasteiger partial charge in [0.25, 0.3) is 0 Å². The Labute approximate surface area is 218 Å². The van der Waals surface area contributed by atoms with Crippen LogP contribution in [-0.4, -0.2) is 25.4 Å². The predicted molar refractivity (Wildman–Crippen MR) is 152 cm³/mol. The molecule has 4 nitrogen and oxygen atoms in total. The highest BCUT2D eigenvalue weighted by Gasteiger charge is 2.02. The van der Waals surface area contributed by atoms with E-state index in [0.717, 1.165) is 48.4 Å². The molecule has 0 radical (unpaired) electrons. The van der Waals surface area contributed by atoms with Gasteiger partial charge in [0.1, 0.15) is 5.75 Å². The number of hydrogen-bond donors (Lipinski definition) is 0. The van der Waals surface area contributed by atoms with Crippen LogP contribution >= 0.6 is 0 Å². The molecule has 196 valence electrons. The molecule has 0 aliphatic carbocycles. The second-order valence-corrected chi connectivity index (χ2v) is 9.55. The first-order valence-electron chi connectivity index (χ1n) is 13.8. The van der Waals surface area contributed by atoms with E-state index < -0.39 is 0 Å². The van der Waals surface area contributed by atoms with Crippen molar-refractivity contribution >= 4 is 23.9 Å². The summed E-state index contributed by atoms with van der Waals surface area (Å²) in [5.41, 5.74) is 2.82. The maximum atomic E-state index is 11.8. The quantitative estimate of drug-likeness (QED) is 0.0905. The van der Waals surface area contributed by atoms with Gasteiger partial charge in [-0.15, -0.1) is 0 Å².